The van der Waals surface area contributed by atoms with Crippen LogP contribution in [0.2, 0.25) is 5.02 Å². The Hall–Kier alpha value is -2.79. The minimum atomic E-state index is 0.299. The van der Waals surface area contributed by atoms with E-state index in [9.17, 15) is 0 Å². The second-order valence-corrected chi connectivity index (χ2v) is 7.18. The van der Waals surface area contributed by atoms with E-state index in [1.165, 1.54) is 0 Å². The van der Waals surface area contributed by atoms with Crippen molar-refractivity contribution in [2.75, 3.05) is 11.1 Å². The van der Waals surface area contributed by atoms with Crippen molar-refractivity contribution in [2.24, 2.45) is 0 Å². The first kappa shape index (κ1) is 16.7. The van der Waals surface area contributed by atoms with Gasteiger partial charge in [-0.05, 0) is 44.5 Å². The molecule has 0 amide bonds. The normalized spacial score (nSPS) is 11.6. The number of nitrogen functional groups attached to an aromatic ring is 1. The fourth-order valence-electron chi connectivity index (χ4n) is 3.35. The number of nitrogens with zero attached hydrogens (tertiary/aromatic N) is 3. The van der Waals surface area contributed by atoms with Crippen molar-refractivity contribution < 1.29 is 0 Å². The summed E-state index contributed by atoms with van der Waals surface area (Å²) in [7, 11) is 0. The molecule has 4 rings (SSSR count). The van der Waals surface area contributed by atoms with Crippen LogP contribution in [0.4, 0.5) is 11.5 Å². The number of hydrogen-bond donors (Lipinski definition) is 2. The standard InChI is InChI=1S/C20H20ClN5/c1-11(2)24-13-7-14(18-12(3)5-4-6-15(18)21)19-16(8-13)26-10-23-9-17(26)20(22)25-19/h4-11,24H,1-3H3,(H2,22,25). The van der Waals surface area contributed by atoms with Gasteiger partial charge in [0, 0.05) is 27.9 Å². The minimum Gasteiger partial charge on any atom is -0.383 e. The SMILES string of the molecule is Cc1cccc(Cl)c1-c1cc(NC(C)C)cc2c1nc(N)c1cncn12. The van der Waals surface area contributed by atoms with E-state index in [2.05, 4.69) is 54.3 Å². The number of halogens is 1. The number of benzene rings is 2. The highest BCUT2D eigenvalue weighted by molar-refractivity contribution is 6.34. The lowest BCUT2D eigenvalue weighted by molar-refractivity contribution is 0.900. The van der Waals surface area contributed by atoms with Crippen LogP contribution in [0.5, 0.6) is 0 Å². The van der Waals surface area contributed by atoms with E-state index >= 15 is 0 Å². The molecule has 5 nitrogen and oxygen atoms in total. The van der Waals surface area contributed by atoms with E-state index < -0.39 is 0 Å². The zero-order chi connectivity index (χ0) is 18.4. The van der Waals surface area contributed by atoms with E-state index in [-0.39, 0.29) is 0 Å². The number of nitrogens with one attached hydrogen (secondary N) is 1. The quantitative estimate of drug-likeness (QED) is 0.541. The number of fused-ring (bicyclic) bond motifs is 3. The van der Waals surface area contributed by atoms with Crippen molar-refractivity contribution in [1.82, 2.24) is 14.4 Å². The monoisotopic (exact) mass is 365 g/mol. The molecule has 0 aliphatic rings. The predicted molar refractivity (Wildman–Crippen MR) is 109 cm³/mol. The van der Waals surface area contributed by atoms with Gasteiger partial charge >= 0.3 is 0 Å². The molecule has 0 bridgehead atoms. The number of rotatable bonds is 3. The van der Waals surface area contributed by atoms with Crippen molar-refractivity contribution in [3.05, 3.63) is 53.4 Å². The molecule has 0 atom stereocenters. The van der Waals surface area contributed by atoms with E-state index in [0.717, 1.165) is 38.9 Å². The van der Waals surface area contributed by atoms with Gasteiger partial charge in [-0.15, -0.1) is 0 Å². The molecule has 26 heavy (non-hydrogen) atoms. The topological polar surface area (TPSA) is 68.2 Å². The van der Waals surface area contributed by atoms with Gasteiger partial charge in [0.1, 0.15) is 11.3 Å². The van der Waals surface area contributed by atoms with Crippen LogP contribution in [0.15, 0.2) is 42.9 Å². The lowest BCUT2D eigenvalue weighted by Gasteiger charge is -2.17. The molecular formula is C20H20ClN5. The molecule has 0 unspecified atom stereocenters. The van der Waals surface area contributed by atoms with Crippen LogP contribution in [0.1, 0.15) is 19.4 Å². The van der Waals surface area contributed by atoms with Crippen LogP contribution >= 0.6 is 11.6 Å². The molecular weight excluding hydrogens is 346 g/mol. The molecule has 0 fully saturated rings. The maximum Gasteiger partial charge on any atom is 0.150 e. The van der Waals surface area contributed by atoms with Gasteiger partial charge in [-0.1, -0.05) is 23.7 Å². The van der Waals surface area contributed by atoms with Gasteiger partial charge in [-0.2, -0.15) is 0 Å². The maximum atomic E-state index is 6.56. The fourth-order valence-corrected chi connectivity index (χ4v) is 3.68. The first-order chi connectivity index (χ1) is 12.5. The highest BCUT2D eigenvalue weighted by atomic mass is 35.5. The fraction of sp³-hybridized carbons (Fsp3) is 0.200. The Bertz CT molecular complexity index is 1110. The minimum absolute atomic E-state index is 0.299. The van der Waals surface area contributed by atoms with Gasteiger partial charge in [0.05, 0.1) is 23.6 Å². The number of aromatic nitrogens is 3. The zero-order valence-corrected chi connectivity index (χ0v) is 15.7. The average Bonchev–Trinajstić information content (AvgIpc) is 3.06. The molecule has 0 aliphatic heterocycles. The van der Waals surface area contributed by atoms with Crippen LogP contribution in [-0.2, 0) is 0 Å². The number of anilines is 2. The van der Waals surface area contributed by atoms with Crippen molar-refractivity contribution in [1.29, 1.82) is 0 Å². The summed E-state index contributed by atoms with van der Waals surface area (Å²) >= 11 is 6.56. The van der Waals surface area contributed by atoms with Gasteiger partial charge in [0.15, 0.2) is 0 Å². The lowest BCUT2D eigenvalue weighted by atomic mass is 9.98. The van der Waals surface area contributed by atoms with E-state index in [0.29, 0.717) is 16.9 Å². The van der Waals surface area contributed by atoms with Gasteiger partial charge in [0.2, 0.25) is 0 Å². The van der Waals surface area contributed by atoms with Crippen LogP contribution in [0.25, 0.3) is 27.7 Å². The summed E-state index contributed by atoms with van der Waals surface area (Å²) in [5.41, 5.74) is 12.7. The molecule has 4 aromatic rings. The Kier molecular flexibility index (Phi) is 3.96. The van der Waals surface area contributed by atoms with Crippen molar-refractivity contribution in [2.45, 2.75) is 26.8 Å². The van der Waals surface area contributed by atoms with Gasteiger partial charge in [-0.25, -0.2) is 9.97 Å². The van der Waals surface area contributed by atoms with Crippen molar-refractivity contribution >= 4 is 39.7 Å². The molecule has 0 aliphatic carbocycles. The summed E-state index contributed by atoms with van der Waals surface area (Å²) in [5.74, 6) is 0.450. The third-order valence-corrected chi connectivity index (χ3v) is 4.74. The third kappa shape index (κ3) is 2.65. The van der Waals surface area contributed by atoms with Crippen molar-refractivity contribution in [3.63, 3.8) is 0 Å². The molecule has 2 heterocycles. The largest absolute Gasteiger partial charge is 0.383 e. The maximum absolute atomic E-state index is 6.56. The molecule has 132 valence electrons. The van der Waals surface area contributed by atoms with E-state index in [1.807, 2.05) is 16.5 Å². The molecule has 2 aromatic carbocycles. The first-order valence-electron chi connectivity index (χ1n) is 8.53. The number of hydrogen-bond acceptors (Lipinski definition) is 4. The van der Waals surface area contributed by atoms with Crippen LogP contribution < -0.4 is 11.1 Å². The summed E-state index contributed by atoms with van der Waals surface area (Å²) in [6, 6.07) is 10.4. The second kappa shape index (κ2) is 6.18. The molecule has 0 saturated carbocycles. The molecule has 0 radical (unpaired) electrons. The Morgan fingerprint density at radius 2 is 2.00 bits per heavy atom. The molecule has 0 saturated heterocycles. The summed E-state index contributed by atoms with van der Waals surface area (Å²) < 4.78 is 1.97. The zero-order valence-electron chi connectivity index (χ0n) is 14.9. The molecule has 2 aromatic heterocycles. The van der Waals surface area contributed by atoms with Gasteiger partial charge in [-0.3, -0.25) is 4.40 Å². The van der Waals surface area contributed by atoms with Crippen LogP contribution in [0.3, 0.4) is 0 Å². The van der Waals surface area contributed by atoms with Crippen LogP contribution in [-0.4, -0.2) is 20.4 Å². The highest BCUT2D eigenvalue weighted by Crippen LogP contribution is 2.38. The van der Waals surface area contributed by atoms with E-state index in [1.54, 1.807) is 12.5 Å². The third-order valence-electron chi connectivity index (χ3n) is 4.43. The molecule has 0 spiro atoms. The summed E-state index contributed by atoms with van der Waals surface area (Å²) in [6.07, 6.45) is 3.49. The predicted octanol–water partition coefficient (Wildman–Crippen LogP) is 4.91. The highest BCUT2D eigenvalue weighted by Gasteiger charge is 2.17. The van der Waals surface area contributed by atoms with Gasteiger partial charge < -0.3 is 11.1 Å². The lowest BCUT2D eigenvalue weighted by Crippen LogP contribution is -2.10. The number of nitrogens with two attached hydrogens (primary N) is 1. The summed E-state index contributed by atoms with van der Waals surface area (Å²) in [5, 5.41) is 4.18. The van der Waals surface area contributed by atoms with Gasteiger partial charge in [0.25, 0.3) is 0 Å². The molecule has 3 N–H and O–H groups in total. The number of aryl methyl sites for hydroxylation is 1. The second-order valence-electron chi connectivity index (χ2n) is 6.77. The summed E-state index contributed by atoms with van der Waals surface area (Å²) in [6.45, 7) is 6.27. The Labute approximate surface area is 156 Å². The summed E-state index contributed by atoms with van der Waals surface area (Å²) in [4.78, 5) is 8.92. The Morgan fingerprint density at radius 3 is 2.73 bits per heavy atom. The number of imidazole rings is 1. The van der Waals surface area contributed by atoms with Crippen LogP contribution in [0, 0.1) is 6.92 Å². The van der Waals surface area contributed by atoms with E-state index in [4.69, 9.17) is 17.3 Å². The average molecular weight is 366 g/mol. The van der Waals surface area contributed by atoms with Crippen molar-refractivity contribution in [3.8, 4) is 11.1 Å². The smallest absolute Gasteiger partial charge is 0.150 e. The first-order valence-corrected chi connectivity index (χ1v) is 8.91. The Morgan fingerprint density at radius 1 is 1.19 bits per heavy atom. The molecule has 6 heteroatoms. The Balaban J connectivity index is 2.15.